The van der Waals surface area contributed by atoms with Gasteiger partial charge in [0.05, 0.1) is 18.4 Å². The molecule has 154 valence electrons. The number of carbonyl (C=O) groups is 2. The number of methoxy groups -OCH3 is 1. The number of carbonyl (C=O) groups excluding carboxylic acids is 2. The van der Waals surface area contributed by atoms with E-state index in [0.29, 0.717) is 16.3 Å². The average Bonchev–Trinajstić information content (AvgIpc) is 3.47. The van der Waals surface area contributed by atoms with E-state index >= 15 is 0 Å². The summed E-state index contributed by atoms with van der Waals surface area (Å²) in [6.45, 7) is -2.73. The topological polar surface area (TPSA) is 131 Å². The van der Waals surface area contributed by atoms with Crippen LogP contribution in [0.1, 0.15) is 27.4 Å². The quantitative estimate of drug-likeness (QED) is 0.523. The van der Waals surface area contributed by atoms with E-state index in [1.165, 1.54) is 30.7 Å². The Balaban J connectivity index is 1.72. The summed E-state index contributed by atoms with van der Waals surface area (Å²) in [7, 11) is 1.47. The predicted octanol–water partition coefficient (Wildman–Crippen LogP) is 2.46. The number of aromatic nitrogens is 4. The molecular weight excluding hydrogens is 406 g/mol. The number of ether oxygens (including phenoxy) is 1. The number of hydrogen-bond acceptors (Lipinski definition) is 9. The summed E-state index contributed by atoms with van der Waals surface area (Å²) in [5.74, 6) is -0.541. The van der Waals surface area contributed by atoms with Gasteiger partial charge in [0, 0.05) is 40.8 Å². The highest BCUT2D eigenvalue weighted by Gasteiger charge is 2.30. The smallest absolute Gasteiger partial charge is 0.273 e. The van der Waals surface area contributed by atoms with Crippen LogP contribution in [0.5, 0.6) is 5.75 Å². The maximum absolute atomic E-state index is 12.6. The Morgan fingerprint density at radius 3 is 2.83 bits per heavy atom. The van der Waals surface area contributed by atoms with Crippen molar-refractivity contribution in [3.63, 3.8) is 0 Å². The standard InChI is InChI=1S/C19H19N7O3S/c1-20-18(28)14-12(9-13(25-26-14)24-17(27)10-3-4-10)23-16-15(29-2)11(5-6-21-16)19-22-7-8-30-19/h5-10H,3-4H2,1-2H3,(H,20,28)(H2,21,23,24,25,27)/i1D3. The van der Waals surface area contributed by atoms with Crippen molar-refractivity contribution < 1.29 is 18.4 Å². The van der Waals surface area contributed by atoms with Gasteiger partial charge in [-0.2, -0.15) is 0 Å². The zero-order valence-electron chi connectivity index (χ0n) is 18.8. The Morgan fingerprint density at radius 1 is 1.27 bits per heavy atom. The third-order valence-electron chi connectivity index (χ3n) is 4.35. The van der Waals surface area contributed by atoms with Crippen molar-refractivity contribution in [1.29, 1.82) is 0 Å². The summed E-state index contributed by atoms with van der Waals surface area (Å²) in [6, 6.07) is 3.12. The molecule has 0 bridgehead atoms. The molecule has 1 saturated carbocycles. The Labute approximate surface area is 180 Å². The molecule has 0 radical (unpaired) electrons. The number of anilines is 3. The maximum Gasteiger partial charge on any atom is 0.273 e. The Morgan fingerprint density at radius 2 is 2.13 bits per heavy atom. The van der Waals surface area contributed by atoms with Crippen molar-refractivity contribution in [3.8, 4) is 16.3 Å². The first-order valence-corrected chi connectivity index (χ1v) is 9.84. The van der Waals surface area contributed by atoms with Crippen molar-refractivity contribution in [3.05, 3.63) is 35.6 Å². The Hall–Kier alpha value is -3.60. The zero-order valence-corrected chi connectivity index (χ0v) is 16.6. The molecule has 0 unspecified atom stereocenters. The van der Waals surface area contributed by atoms with E-state index in [1.807, 2.05) is 10.7 Å². The normalized spacial score (nSPS) is 14.8. The van der Waals surface area contributed by atoms with Gasteiger partial charge in [0.1, 0.15) is 5.01 Å². The molecule has 0 aliphatic heterocycles. The van der Waals surface area contributed by atoms with Crippen LogP contribution in [0.25, 0.3) is 10.6 Å². The minimum atomic E-state index is -2.73. The molecule has 0 saturated heterocycles. The van der Waals surface area contributed by atoms with Gasteiger partial charge < -0.3 is 20.7 Å². The molecule has 1 aliphatic rings. The van der Waals surface area contributed by atoms with Crippen LogP contribution < -0.4 is 20.7 Å². The van der Waals surface area contributed by atoms with Crippen molar-refractivity contribution in [2.45, 2.75) is 12.8 Å². The highest BCUT2D eigenvalue weighted by atomic mass is 32.1. The van der Waals surface area contributed by atoms with Crippen LogP contribution in [-0.2, 0) is 4.79 Å². The fourth-order valence-corrected chi connectivity index (χ4v) is 3.41. The third-order valence-corrected chi connectivity index (χ3v) is 5.15. The van der Waals surface area contributed by atoms with Gasteiger partial charge in [0.25, 0.3) is 5.91 Å². The minimum Gasteiger partial charge on any atom is -0.492 e. The van der Waals surface area contributed by atoms with E-state index in [4.69, 9.17) is 8.85 Å². The van der Waals surface area contributed by atoms with Crippen LogP contribution in [0, 0.1) is 5.92 Å². The molecule has 30 heavy (non-hydrogen) atoms. The molecular formula is C19H19N7O3S. The molecule has 0 spiro atoms. The van der Waals surface area contributed by atoms with Crippen LogP contribution in [0.4, 0.5) is 17.3 Å². The number of amides is 2. The van der Waals surface area contributed by atoms with E-state index < -0.39 is 12.9 Å². The first kappa shape index (κ1) is 16.2. The van der Waals surface area contributed by atoms with Gasteiger partial charge in [0.15, 0.2) is 23.1 Å². The zero-order chi connectivity index (χ0) is 23.6. The SMILES string of the molecule is [2H]C([2H])([2H])NC(=O)c1nnc(NC(=O)C2CC2)cc1Nc1nccc(-c2nccs2)c1OC. The molecule has 0 aromatic carbocycles. The number of thiazole rings is 1. The van der Waals surface area contributed by atoms with Gasteiger partial charge in [-0.3, -0.25) is 9.59 Å². The lowest BCUT2D eigenvalue weighted by Crippen LogP contribution is -2.22. The third kappa shape index (κ3) is 4.06. The first-order chi connectivity index (χ1) is 15.7. The Bertz CT molecular complexity index is 1180. The first-order valence-electron chi connectivity index (χ1n) is 10.5. The van der Waals surface area contributed by atoms with E-state index in [9.17, 15) is 9.59 Å². The number of pyridine rings is 1. The van der Waals surface area contributed by atoms with Crippen molar-refractivity contribution in [1.82, 2.24) is 25.5 Å². The lowest BCUT2D eigenvalue weighted by atomic mass is 10.2. The molecule has 3 heterocycles. The molecule has 3 aromatic rings. The highest BCUT2D eigenvalue weighted by Crippen LogP contribution is 2.37. The highest BCUT2D eigenvalue weighted by molar-refractivity contribution is 7.13. The summed E-state index contributed by atoms with van der Waals surface area (Å²) in [5.41, 5.74) is 0.460. The predicted molar refractivity (Wildman–Crippen MR) is 112 cm³/mol. The van der Waals surface area contributed by atoms with Crippen molar-refractivity contribution in [2.24, 2.45) is 5.92 Å². The minimum absolute atomic E-state index is 0.0708. The average molecular weight is 428 g/mol. The van der Waals surface area contributed by atoms with E-state index in [-0.39, 0.29) is 34.8 Å². The molecule has 11 heteroatoms. The number of rotatable bonds is 7. The molecule has 0 atom stereocenters. The van der Waals surface area contributed by atoms with Gasteiger partial charge >= 0.3 is 0 Å². The summed E-state index contributed by atoms with van der Waals surface area (Å²) in [4.78, 5) is 33.3. The Kier molecular flexibility index (Phi) is 4.55. The van der Waals surface area contributed by atoms with Crippen LogP contribution in [0.15, 0.2) is 29.9 Å². The summed E-state index contributed by atoms with van der Waals surface area (Å²) in [5, 5.41) is 17.7. The van der Waals surface area contributed by atoms with Gasteiger partial charge in [0.2, 0.25) is 5.91 Å². The lowest BCUT2D eigenvalue weighted by Gasteiger charge is -2.15. The van der Waals surface area contributed by atoms with Gasteiger partial charge in [-0.15, -0.1) is 21.5 Å². The van der Waals surface area contributed by atoms with E-state index in [2.05, 4.69) is 30.8 Å². The van der Waals surface area contributed by atoms with Crippen LogP contribution in [0.3, 0.4) is 0 Å². The summed E-state index contributed by atoms with van der Waals surface area (Å²) >= 11 is 1.41. The second-order valence-corrected chi connectivity index (χ2v) is 7.31. The fourth-order valence-electron chi connectivity index (χ4n) is 2.75. The molecule has 2 amide bonds. The number of hydrogen-bond donors (Lipinski definition) is 3. The molecule has 4 rings (SSSR count). The second-order valence-electron chi connectivity index (χ2n) is 6.41. The number of nitrogens with one attached hydrogen (secondary N) is 3. The summed E-state index contributed by atoms with van der Waals surface area (Å²) < 4.78 is 27.4. The van der Waals surface area contributed by atoms with Crippen molar-refractivity contribution >= 4 is 40.5 Å². The van der Waals surface area contributed by atoms with Gasteiger partial charge in [-0.1, -0.05) is 0 Å². The van der Waals surface area contributed by atoms with E-state index in [1.54, 1.807) is 12.3 Å². The van der Waals surface area contributed by atoms with Crippen LogP contribution >= 0.6 is 11.3 Å². The fraction of sp³-hybridized carbons (Fsp3) is 0.263. The maximum atomic E-state index is 12.6. The lowest BCUT2D eigenvalue weighted by molar-refractivity contribution is -0.117. The largest absolute Gasteiger partial charge is 0.492 e. The van der Waals surface area contributed by atoms with Crippen LogP contribution in [-0.4, -0.2) is 46.1 Å². The number of nitrogens with zero attached hydrogens (tertiary/aromatic N) is 4. The molecule has 1 fully saturated rings. The molecule has 3 aromatic heterocycles. The molecule has 1 aliphatic carbocycles. The molecule has 10 nitrogen and oxygen atoms in total. The van der Waals surface area contributed by atoms with E-state index in [0.717, 1.165) is 12.8 Å². The monoisotopic (exact) mass is 428 g/mol. The van der Waals surface area contributed by atoms with Crippen molar-refractivity contribution in [2.75, 3.05) is 24.7 Å². The van der Waals surface area contributed by atoms with Gasteiger partial charge in [-0.05, 0) is 18.9 Å². The van der Waals surface area contributed by atoms with Gasteiger partial charge in [-0.25, -0.2) is 9.97 Å². The molecule has 3 N–H and O–H groups in total. The second kappa shape index (κ2) is 8.41. The summed E-state index contributed by atoms with van der Waals surface area (Å²) in [6.07, 6.45) is 4.79. The van der Waals surface area contributed by atoms with Crippen LogP contribution in [0.2, 0.25) is 0 Å².